The maximum Gasteiger partial charge on any atom is 0.338 e. The lowest BCUT2D eigenvalue weighted by Gasteiger charge is -2.42. The van der Waals surface area contributed by atoms with Crippen LogP contribution in [0.15, 0.2) is 60.7 Å². The van der Waals surface area contributed by atoms with Gasteiger partial charge < -0.3 is 14.8 Å². The van der Waals surface area contributed by atoms with E-state index in [9.17, 15) is 4.79 Å². The minimum absolute atomic E-state index is 0.131. The number of hydrogen-bond acceptors (Lipinski definition) is 4. The Bertz CT molecular complexity index is 1260. The van der Waals surface area contributed by atoms with Crippen molar-refractivity contribution in [3.05, 3.63) is 77.4 Å². The molecule has 0 atom stereocenters. The number of benzene rings is 3. The Hall–Kier alpha value is -3.11. The highest BCUT2D eigenvalue weighted by atomic mass is 16.5. The largest absolute Gasteiger partial charge is 0.492 e. The van der Waals surface area contributed by atoms with E-state index in [2.05, 4.69) is 76.3 Å². The van der Waals surface area contributed by atoms with Gasteiger partial charge in [0.2, 0.25) is 0 Å². The van der Waals surface area contributed by atoms with Crippen LogP contribution in [0.3, 0.4) is 0 Å². The molecule has 0 unspecified atom stereocenters. The summed E-state index contributed by atoms with van der Waals surface area (Å²) in [7, 11) is 0. The molecule has 0 heterocycles. The van der Waals surface area contributed by atoms with E-state index in [1.807, 2.05) is 31.2 Å². The third kappa shape index (κ3) is 6.13. The average Bonchev–Trinajstić information content (AvgIpc) is 2.91. The van der Waals surface area contributed by atoms with E-state index in [1.165, 1.54) is 29.5 Å². The molecule has 4 heteroatoms. The van der Waals surface area contributed by atoms with Gasteiger partial charge in [-0.15, -0.1) is 0 Å². The molecule has 1 aliphatic rings. The van der Waals surface area contributed by atoms with Crippen molar-refractivity contribution in [2.24, 2.45) is 0 Å². The van der Waals surface area contributed by atoms with Gasteiger partial charge in [-0.25, -0.2) is 4.79 Å². The van der Waals surface area contributed by atoms with Crippen LogP contribution in [0.2, 0.25) is 0 Å². The standard InChI is InChI=1S/C34H43NO3/c1-7-19-35-20-21-38-31-16-14-26(24-9-11-25(12-10-24)32(36)37-8-2)22-28(31)27-13-15-29-30(23-27)34(5,6)18-17-33(29,3)4/h9-16,22-23,35H,7-8,17-21H2,1-6H3. The van der Waals surface area contributed by atoms with E-state index in [1.54, 1.807) is 0 Å². The predicted molar refractivity (Wildman–Crippen MR) is 157 cm³/mol. The summed E-state index contributed by atoms with van der Waals surface area (Å²) in [5, 5.41) is 3.42. The summed E-state index contributed by atoms with van der Waals surface area (Å²) >= 11 is 0. The maximum atomic E-state index is 12.1. The van der Waals surface area contributed by atoms with Crippen molar-refractivity contribution < 1.29 is 14.3 Å². The highest BCUT2D eigenvalue weighted by Gasteiger charge is 2.37. The molecule has 1 aliphatic carbocycles. The van der Waals surface area contributed by atoms with Crippen LogP contribution in [0.25, 0.3) is 22.3 Å². The summed E-state index contributed by atoms with van der Waals surface area (Å²) < 4.78 is 11.5. The molecule has 1 N–H and O–H groups in total. The van der Waals surface area contributed by atoms with Crippen LogP contribution in [0.1, 0.15) is 82.3 Å². The fraction of sp³-hybridized carbons (Fsp3) is 0.441. The second-order valence-electron chi connectivity index (χ2n) is 11.6. The summed E-state index contributed by atoms with van der Waals surface area (Å²) in [6, 6.07) is 21.0. The van der Waals surface area contributed by atoms with Crippen LogP contribution in [0.4, 0.5) is 0 Å². The molecule has 3 aromatic carbocycles. The lowest BCUT2D eigenvalue weighted by atomic mass is 9.63. The van der Waals surface area contributed by atoms with E-state index >= 15 is 0 Å². The number of ether oxygens (including phenoxy) is 2. The molecule has 4 nitrogen and oxygen atoms in total. The highest BCUT2D eigenvalue weighted by Crippen LogP contribution is 2.47. The van der Waals surface area contributed by atoms with Gasteiger partial charge in [-0.2, -0.15) is 0 Å². The van der Waals surface area contributed by atoms with E-state index in [0.29, 0.717) is 18.8 Å². The summed E-state index contributed by atoms with van der Waals surface area (Å²) in [5.74, 6) is 0.600. The van der Waals surface area contributed by atoms with Crippen LogP contribution < -0.4 is 10.1 Å². The van der Waals surface area contributed by atoms with Gasteiger partial charge in [0.15, 0.2) is 0 Å². The van der Waals surface area contributed by atoms with Gasteiger partial charge in [-0.05, 0) is 95.6 Å². The van der Waals surface area contributed by atoms with Gasteiger partial charge in [-0.3, -0.25) is 0 Å². The van der Waals surface area contributed by atoms with Crippen molar-refractivity contribution in [3.63, 3.8) is 0 Å². The molecule has 0 radical (unpaired) electrons. The van der Waals surface area contributed by atoms with Gasteiger partial charge in [0.05, 0.1) is 12.2 Å². The van der Waals surface area contributed by atoms with Crippen LogP contribution in [0.5, 0.6) is 5.75 Å². The fourth-order valence-corrected chi connectivity index (χ4v) is 5.37. The average molecular weight is 514 g/mol. The first-order valence-electron chi connectivity index (χ1n) is 14.1. The summed E-state index contributed by atoms with van der Waals surface area (Å²) in [6.45, 7) is 16.2. The first-order chi connectivity index (χ1) is 18.2. The summed E-state index contributed by atoms with van der Waals surface area (Å²) in [6.07, 6.45) is 3.48. The molecule has 0 aromatic heterocycles. The zero-order valence-corrected chi connectivity index (χ0v) is 23.9. The van der Waals surface area contributed by atoms with Crippen LogP contribution >= 0.6 is 0 Å². The van der Waals surface area contributed by atoms with Gasteiger partial charge in [0.25, 0.3) is 0 Å². The zero-order chi connectivity index (χ0) is 27.3. The van der Waals surface area contributed by atoms with Gasteiger partial charge in [-0.1, -0.05) is 71.0 Å². The molecule has 0 amide bonds. The first-order valence-corrected chi connectivity index (χ1v) is 14.1. The van der Waals surface area contributed by atoms with Crippen molar-refractivity contribution in [2.75, 3.05) is 26.3 Å². The molecule has 0 saturated carbocycles. The Kier molecular flexibility index (Phi) is 8.62. The zero-order valence-electron chi connectivity index (χ0n) is 23.9. The molecule has 0 bridgehead atoms. The number of hydrogen-bond donors (Lipinski definition) is 1. The first kappa shape index (κ1) is 27.9. The Morgan fingerprint density at radius 3 is 2.13 bits per heavy atom. The highest BCUT2D eigenvalue weighted by molar-refractivity contribution is 5.90. The Morgan fingerprint density at radius 2 is 1.45 bits per heavy atom. The molecule has 0 saturated heterocycles. The number of esters is 1. The van der Waals surface area contributed by atoms with Gasteiger partial charge in [0, 0.05) is 12.1 Å². The minimum Gasteiger partial charge on any atom is -0.492 e. The molecular weight excluding hydrogens is 470 g/mol. The lowest BCUT2D eigenvalue weighted by Crippen LogP contribution is -2.33. The second kappa shape index (κ2) is 11.7. The summed E-state index contributed by atoms with van der Waals surface area (Å²) in [5.41, 5.74) is 8.17. The molecule has 202 valence electrons. The number of rotatable bonds is 10. The normalized spacial score (nSPS) is 15.5. The number of carbonyl (C=O) groups excluding carboxylic acids is 1. The molecule has 38 heavy (non-hydrogen) atoms. The van der Waals surface area contributed by atoms with Crippen molar-refractivity contribution in [3.8, 4) is 28.0 Å². The molecule has 0 spiro atoms. The lowest BCUT2D eigenvalue weighted by molar-refractivity contribution is 0.0526. The Labute approximate surface area is 228 Å². The van der Waals surface area contributed by atoms with Crippen molar-refractivity contribution in [1.82, 2.24) is 5.32 Å². The molecular formula is C34H43NO3. The second-order valence-corrected chi connectivity index (χ2v) is 11.6. The Morgan fingerprint density at radius 1 is 0.789 bits per heavy atom. The number of fused-ring (bicyclic) bond motifs is 1. The molecule has 4 rings (SSSR count). The summed E-state index contributed by atoms with van der Waals surface area (Å²) in [4.78, 5) is 12.1. The maximum absolute atomic E-state index is 12.1. The third-order valence-corrected chi connectivity index (χ3v) is 7.84. The third-order valence-electron chi connectivity index (χ3n) is 7.84. The smallest absolute Gasteiger partial charge is 0.338 e. The molecule has 0 fully saturated rings. The van der Waals surface area contributed by atoms with Gasteiger partial charge in [0.1, 0.15) is 12.4 Å². The molecule has 0 aliphatic heterocycles. The van der Waals surface area contributed by atoms with Crippen LogP contribution in [0, 0.1) is 0 Å². The fourth-order valence-electron chi connectivity index (χ4n) is 5.37. The van der Waals surface area contributed by atoms with Crippen molar-refractivity contribution in [1.29, 1.82) is 0 Å². The molecule has 3 aromatic rings. The van der Waals surface area contributed by atoms with E-state index in [-0.39, 0.29) is 16.8 Å². The quantitative estimate of drug-likeness (QED) is 0.221. The minimum atomic E-state index is -0.292. The van der Waals surface area contributed by atoms with Crippen molar-refractivity contribution in [2.45, 2.75) is 71.6 Å². The monoisotopic (exact) mass is 513 g/mol. The van der Waals surface area contributed by atoms with Crippen LogP contribution in [-0.2, 0) is 15.6 Å². The van der Waals surface area contributed by atoms with E-state index in [4.69, 9.17) is 9.47 Å². The van der Waals surface area contributed by atoms with E-state index in [0.717, 1.165) is 42.0 Å². The number of nitrogens with one attached hydrogen (secondary N) is 1. The SMILES string of the molecule is CCCNCCOc1ccc(-c2ccc(C(=O)OCC)cc2)cc1-c1ccc2c(c1)C(C)(C)CCC2(C)C. The predicted octanol–water partition coefficient (Wildman–Crippen LogP) is 7.92. The van der Waals surface area contributed by atoms with E-state index < -0.39 is 0 Å². The topological polar surface area (TPSA) is 47.6 Å². The van der Waals surface area contributed by atoms with Crippen molar-refractivity contribution >= 4 is 5.97 Å². The Balaban J connectivity index is 1.73. The van der Waals surface area contributed by atoms with Crippen LogP contribution in [-0.4, -0.2) is 32.3 Å². The van der Waals surface area contributed by atoms with Gasteiger partial charge >= 0.3 is 5.97 Å². The number of carbonyl (C=O) groups is 1.